The highest BCUT2D eigenvalue weighted by molar-refractivity contribution is 5.94. The SMILES string of the molecule is Cc1cccc(C(=O)N(C)C2CC3CCC(C2)N3)c1. The molecule has 1 aromatic rings. The van der Waals surface area contributed by atoms with Crippen molar-refractivity contribution in [3.8, 4) is 0 Å². The predicted molar refractivity (Wildman–Crippen MR) is 76.2 cm³/mol. The number of piperidine rings is 1. The fourth-order valence-corrected chi connectivity index (χ4v) is 3.49. The Bertz CT molecular complexity index is 473. The lowest BCUT2D eigenvalue weighted by Crippen LogP contribution is -2.48. The maximum atomic E-state index is 12.5. The first-order chi connectivity index (χ1) is 9.13. The number of nitrogens with zero attached hydrogens (tertiary/aromatic N) is 1. The van der Waals surface area contributed by atoms with Gasteiger partial charge < -0.3 is 10.2 Å². The number of nitrogens with one attached hydrogen (secondary N) is 1. The molecule has 2 fully saturated rings. The van der Waals surface area contributed by atoms with Crippen LogP contribution in [-0.2, 0) is 0 Å². The van der Waals surface area contributed by atoms with E-state index < -0.39 is 0 Å². The summed E-state index contributed by atoms with van der Waals surface area (Å²) in [4.78, 5) is 14.5. The summed E-state index contributed by atoms with van der Waals surface area (Å²) in [6.45, 7) is 2.03. The Morgan fingerprint density at radius 2 is 1.95 bits per heavy atom. The highest BCUT2D eigenvalue weighted by Gasteiger charge is 2.36. The normalized spacial score (nSPS) is 29.3. The Kier molecular flexibility index (Phi) is 3.31. The third kappa shape index (κ3) is 2.52. The van der Waals surface area contributed by atoms with E-state index in [1.165, 1.54) is 12.8 Å². The molecule has 0 aromatic heterocycles. The lowest BCUT2D eigenvalue weighted by Gasteiger charge is -2.35. The molecule has 3 heteroatoms. The molecular weight excluding hydrogens is 236 g/mol. The van der Waals surface area contributed by atoms with Gasteiger partial charge in [0.05, 0.1) is 0 Å². The van der Waals surface area contributed by atoms with Crippen LogP contribution in [0.15, 0.2) is 24.3 Å². The Labute approximate surface area is 115 Å². The number of carbonyl (C=O) groups excluding carboxylic acids is 1. The molecule has 0 saturated carbocycles. The molecule has 102 valence electrons. The molecule has 2 bridgehead atoms. The van der Waals surface area contributed by atoms with E-state index in [0.29, 0.717) is 18.1 Å². The Morgan fingerprint density at radius 3 is 2.58 bits per heavy atom. The number of hydrogen-bond acceptors (Lipinski definition) is 2. The third-order valence-electron chi connectivity index (χ3n) is 4.58. The van der Waals surface area contributed by atoms with Crippen LogP contribution in [0.1, 0.15) is 41.6 Å². The van der Waals surface area contributed by atoms with Gasteiger partial charge in [0.1, 0.15) is 0 Å². The number of aryl methyl sites for hydroxylation is 1. The molecule has 2 heterocycles. The quantitative estimate of drug-likeness (QED) is 0.883. The van der Waals surface area contributed by atoms with Crippen LogP contribution in [-0.4, -0.2) is 36.0 Å². The van der Waals surface area contributed by atoms with Crippen molar-refractivity contribution in [2.24, 2.45) is 0 Å². The molecule has 2 aliphatic heterocycles. The second-order valence-electron chi connectivity index (χ2n) is 6.05. The molecule has 0 aliphatic carbocycles. The van der Waals surface area contributed by atoms with Crippen LogP contribution >= 0.6 is 0 Å². The molecule has 3 nitrogen and oxygen atoms in total. The highest BCUT2D eigenvalue weighted by atomic mass is 16.2. The zero-order valence-corrected chi connectivity index (χ0v) is 11.7. The number of rotatable bonds is 2. The van der Waals surface area contributed by atoms with Crippen molar-refractivity contribution in [1.29, 1.82) is 0 Å². The average Bonchev–Trinajstić information content (AvgIpc) is 2.76. The van der Waals surface area contributed by atoms with E-state index in [1.54, 1.807) is 0 Å². The van der Waals surface area contributed by atoms with E-state index in [-0.39, 0.29) is 5.91 Å². The lowest BCUT2D eigenvalue weighted by molar-refractivity contribution is 0.0681. The zero-order valence-electron chi connectivity index (χ0n) is 11.7. The van der Waals surface area contributed by atoms with Crippen molar-refractivity contribution in [3.05, 3.63) is 35.4 Å². The van der Waals surface area contributed by atoms with Crippen molar-refractivity contribution >= 4 is 5.91 Å². The fourth-order valence-electron chi connectivity index (χ4n) is 3.49. The summed E-state index contributed by atoms with van der Waals surface area (Å²) in [5.74, 6) is 0.162. The molecule has 0 radical (unpaired) electrons. The molecular formula is C16H22N2O. The maximum Gasteiger partial charge on any atom is 0.253 e. The fraction of sp³-hybridized carbons (Fsp3) is 0.562. The summed E-state index contributed by atoms with van der Waals surface area (Å²) in [6, 6.07) is 9.53. The average molecular weight is 258 g/mol. The summed E-state index contributed by atoms with van der Waals surface area (Å²) in [7, 11) is 1.96. The van der Waals surface area contributed by atoms with E-state index in [9.17, 15) is 4.79 Å². The minimum Gasteiger partial charge on any atom is -0.339 e. The van der Waals surface area contributed by atoms with Gasteiger partial charge in [0.2, 0.25) is 0 Å². The first-order valence-corrected chi connectivity index (χ1v) is 7.23. The zero-order chi connectivity index (χ0) is 13.4. The van der Waals surface area contributed by atoms with Gasteiger partial charge in [-0.15, -0.1) is 0 Å². The van der Waals surface area contributed by atoms with Crippen LogP contribution in [0.3, 0.4) is 0 Å². The maximum absolute atomic E-state index is 12.5. The van der Waals surface area contributed by atoms with Crippen LogP contribution in [0, 0.1) is 6.92 Å². The molecule has 2 aliphatic rings. The molecule has 2 saturated heterocycles. The second-order valence-corrected chi connectivity index (χ2v) is 6.05. The van der Waals surface area contributed by atoms with Gasteiger partial charge in [-0.05, 0) is 44.7 Å². The molecule has 1 N–H and O–H groups in total. The summed E-state index contributed by atoms with van der Waals surface area (Å²) in [6.07, 6.45) is 4.75. The predicted octanol–water partition coefficient (Wildman–Crippen LogP) is 2.35. The van der Waals surface area contributed by atoms with Gasteiger partial charge in [-0.1, -0.05) is 17.7 Å². The number of benzene rings is 1. The van der Waals surface area contributed by atoms with E-state index in [1.807, 2.05) is 43.1 Å². The van der Waals surface area contributed by atoms with E-state index in [0.717, 1.165) is 24.0 Å². The smallest absolute Gasteiger partial charge is 0.253 e. The van der Waals surface area contributed by atoms with Crippen LogP contribution in [0.25, 0.3) is 0 Å². The van der Waals surface area contributed by atoms with Crippen molar-refractivity contribution in [2.75, 3.05) is 7.05 Å². The van der Waals surface area contributed by atoms with Gasteiger partial charge in [-0.2, -0.15) is 0 Å². The largest absolute Gasteiger partial charge is 0.339 e. The Hall–Kier alpha value is -1.35. The minimum absolute atomic E-state index is 0.162. The molecule has 1 amide bonds. The van der Waals surface area contributed by atoms with Gasteiger partial charge in [0.15, 0.2) is 0 Å². The van der Waals surface area contributed by atoms with Crippen LogP contribution < -0.4 is 5.32 Å². The first-order valence-electron chi connectivity index (χ1n) is 7.23. The highest BCUT2D eigenvalue weighted by Crippen LogP contribution is 2.29. The van der Waals surface area contributed by atoms with Gasteiger partial charge in [0.25, 0.3) is 5.91 Å². The Balaban J connectivity index is 1.73. The third-order valence-corrected chi connectivity index (χ3v) is 4.58. The van der Waals surface area contributed by atoms with Crippen LogP contribution in [0.2, 0.25) is 0 Å². The molecule has 1 aromatic carbocycles. The number of amides is 1. The molecule has 0 spiro atoms. The van der Waals surface area contributed by atoms with Crippen molar-refractivity contribution in [1.82, 2.24) is 10.2 Å². The van der Waals surface area contributed by atoms with Crippen LogP contribution in [0.4, 0.5) is 0 Å². The number of hydrogen-bond donors (Lipinski definition) is 1. The number of carbonyl (C=O) groups is 1. The monoisotopic (exact) mass is 258 g/mol. The Morgan fingerprint density at radius 1 is 1.26 bits per heavy atom. The van der Waals surface area contributed by atoms with Crippen molar-refractivity contribution < 1.29 is 4.79 Å². The van der Waals surface area contributed by atoms with E-state index in [2.05, 4.69) is 5.32 Å². The van der Waals surface area contributed by atoms with E-state index in [4.69, 9.17) is 0 Å². The van der Waals surface area contributed by atoms with Crippen molar-refractivity contribution in [2.45, 2.75) is 50.7 Å². The molecule has 3 rings (SSSR count). The van der Waals surface area contributed by atoms with E-state index >= 15 is 0 Å². The first kappa shape index (κ1) is 12.7. The number of fused-ring (bicyclic) bond motifs is 2. The minimum atomic E-state index is 0.162. The molecule has 2 atom stereocenters. The summed E-state index contributed by atoms with van der Waals surface area (Å²) in [5.41, 5.74) is 1.96. The lowest BCUT2D eigenvalue weighted by atomic mass is 9.98. The standard InChI is InChI=1S/C16H22N2O/c1-11-4-3-5-12(8-11)16(19)18(2)15-9-13-6-7-14(10-15)17-13/h3-5,8,13-15,17H,6-7,9-10H2,1-2H3. The summed E-state index contributed by atoms with van der Waals surface area (Å²) < 4.78 is 0. The molecule has 2 unspecified atom stereocenters. The summed E-state index contributed by atoms with van der Waals surface area (Å²) >= 11 is 0. The second kappa shape index (κ2) is 4.97. The van der Waals surface area contributed by atoms with Gasteiger partial charge >= 0.3 is 0 Å². The van der Waals surface area contributed by atoms with Gasteiger partial charge in [-0.3, -0.25) is 4.79 Å². The summed E-state index contributed by atoms with van der Waals surface area (Å²) in [5, 5.41) is 3.62. The van der Waals surface area contributed by atoms with Gasteiger partial charge in [0, 0.05) is 30.7 Å². The van der Waals surface area contributed by atoms with Crippen LogP contribution in [0.5, 0.6) is 0 Å². The van der Waals surface area contributed by atoms with Crippen molar-refractivity contribution in [3.63, 3.8) is 0 Å². The molecule has 19 heavy (non-hydrogen) atoms. The topological polar surface area (TPSA) is 32.3 Å². The van der Waals surface area contributed by atoms with Gasteiger partial charge in [-0.25, -0.2) is 0 Å².